The number of nitrogens with one attached hydrogen (secondary N) is 1. The quantitative estimate of drug-likeness (QED) is 0.778. The Labute approximate surface area is 132 Å². The Bertz CT molecular complexity index is 482. The van der Waals surface area contributed by atoms with E-state index in [1.54, 1.807) is 7.11 Å². The van der Waals surface area contributed by atoms with Crippen LogP contribution in [-0.4, -0.2) is 49.6 Å². The number of fused-ring (bicyclic) bond motifs is 1. The molecule has 0 bridgehead atoms. The maximum absolute atomic E-state index is 12.7. The zero-order valence-corrected chi connectivity index (χ0v) is 13.4. The molecule has 1 N–H and O–H groups in total. The molecule has 0 spiro atoms. The number of ether oxygens (including phenoxy) is 1. The summed E-state index contributed by atoms with van der Waals surface area (Å²) < 4.78 is 5.13. The van der Waals surface area contributed by atoms with Gasteiger partial charge in [-0.3, -0.25) is 9.59 Å². The third-order valence-electron chi connectivity index (χ3n) is 5.02. The van der Waals surface area contributed by atoms with Gasteiger partial charge in [0.2, 0.25) is 5.91 Å². The lowest BCUT2D eigenvalue weighted by Gasteiger charge is -2.29. The smallest absolute Gasteiger partial charge is 0.250 e. The van der Waals surface area contributed by atoms with E-state index in [1.165, 1.54) is 18.4 Å². The molecule has 3 aliphatic rings. The summed E-state index contributed by atoms with van der Waals surface area (Å²) in [4.78, 5) is 26.7. The van der Waals surface area contributed by atoms with Gasteiger partial charge in [-0.2, -0.15) is 0 Å². The van der Waals surface area contributed by atoms with Gasteiger partial charge in [0, 0.05) is 25.8 Å². The summed E-state index contributed by atoms with van der Waals surface area (Å²) in [7, 11) is 1.65. The third kappa shape index (κ3) is 3.35. The van der Waals surface area contributed by atoms with Crippen LogP contribution >= 0.6 is 0 Å². The minimum Gasteiger partial charge on any atom is -0.383 e. The zero-order chi connectivity index (χ0) is 15.5. The number of carbonyl (C=O) groups excluding carboxylic acids is 2. The minimum absolute atomic E-state index is 0.000616. The van der Waals surface area contributed by atoms with Crippen molar-refractivity contribution in [3.8, 4) is 0 Å². The summed E-state index contributed by atoms with van der Waals surface area (Å²) in [6.45, 7) is 1.94. The lowest BCUT2D eigenvalue weighted by Crippen LogP contribution is -2.39. The number of carbonyl (C=O) groups is 2. The van der Waals surface area contributed by atoms with Crippen LogP contribution in [0.4, 0.5) is 0 Å². The highest BCUT2D eigenvalue weighted by molar-refractivity contribution is 6.02. The number of nitrogens with zero attached hydrogens (tertiary/aromatic N) is 1. The molecule has 0 aromatic rings. The molecular formula is C17H26N2O3. The number of amides is 2. The average Bonchev–Trinajstić information content (AvgIpc) is 3.32. The van der Waals surface area contributed by atoms with Crippen molar-refractivity contribution in [2.75, 3.05) is 26.8 Å². The van der Waals surface area contributed by atoms with Gasteiger partial charge in [-0.05, 0) is 43.6 Å². The van der Waals surface area contributed by atoms with Crippen LogP contribution in [0.3, 0.4) is 0 Å². The monoisotopic (exact) mass is 306 g/mol. The molecule has 122 valence electrons. The molecular weight excluding hydrogens is 280 g/mol. The van der Waals surface area contributed by atoms with Gasteiger partial charge in [-0.25, -0.2) is 0 Å². The molecule has 2 aliphatic carbocycles. The Hall–Kier alpha value is -1.36. The molecule has 0 radical (unpaired) electrons. The van der Waals surface area contributed by atoms with E-state index < -0.39 is 0 Å². The van der Waals surface area contributed by atoms with E-state index in [9.17, 15) is 9.59 Å². The number of methoxy groups -OCH3 is 1. The van der Waals surface area contributed by atoms with Crippen LogP contribution in [0.5, 0.6) is 0 Å². The van der Waals surface area contributed by atoms with E-state index in [1.807, 2.05) is 4.90 Å². The summed E-state index contributed by atoms with van der Waals surface area (Å²) in [6, 6.07) is 0.211. The van der Waals surface area contributed by atoms with Crippen LogP contribution in [0.1, 0.15) is 44.9 Å². The fourth-order valence-corrected chi connectivity index (χ4v) is 3.58. The number of hydrogen-bond acceptors (Lipinski definition) is 3. The average molecular weight is 306 g/mol. The third-order valence-corrected chi connectivity index (χ3v) is 5.02. The van der Waals surface area contributed by atoms with Gasteiger partial charge in [0.15, 0.2) is 0 Å². The van der Waals surface area contributed by atoms with E-state index >= 15 is 0 Å². The van der Waals surface area contributed by atoms with Crippen molar-refractivity contribution >= 4 is 11.8 Å². The van der Waals surface area contributed by atoms with E-state index in [4.69, 9.17) is 4.74 Å². The van der Waals surface area contributed by atoms with E-state index in [0.717, 1.165) is 37.8 Å². The van der Waals surface area contributed by atoms with Crippen molar-refractivity contribution in [2.24, 2.45) is 5.92 Å². The van der Waals surface area contributed by atoms with Crippen LogP contribution in [0, 0.1) is 5.92 Å². The number of rotatable bonds is 7. The second-order valence-corrected chi connectivity index (χ2v) is 6.68. The molecule has 5 nitrogen and oxygen atoms in total. The molecule has 1 aliphatic heterocycles. The summed E-state index contributed by atoms with van der Waals surface area (Å²) in [5.74, 6) is 0.725. The second kappa shape index (κ2) is 6.82. The van der Waals surface area contributed by atoms with Crippen molar-refractivity contribution in [1.29, 1.82) is 0 Å². The van der Waals surface area contributed by atoms with Gasteiger partial charge in [0.05, 0.1) is 19.1 Å². The van der Waals surface area contributed by atoms with E-state index in [2.05, 4.69) is 5.32 Å². The molecule has 1 heterocycles. The molecule has 3 rings (SSSR count). The van der Waals surface area contributed by atoms with Crippen molar-refractivity contribution in [2.45, 2.75) is 51.0 Å². The van der Waals surface area contributed by atoms with Gasteiger partial charge >= 0.3 is 0 Å². The molecule has 1 unspecified atom stereocenters. The zero-order valence-electron chi connectivity index (χ0n) is 13.4. The highest BCUT2D eigenvalue weighted by Gasteiger charge is 2.40. The van der Waals surface area contributed by atoms with Crippen LogP contribution in [0.2, 0.25) is 0 Å². The SMILES string of the molecule is COCCN1C(=O)C(CC(=O)NCC2CC2)=C2CCCCC21. The van der Waals surface area contributed by atoms with Crippen molar-refractivity contribution in [1.82, 2.24) is 10.2 Å². The predicted molar refractivity (Wildman–Crippen MR) is 83.2 cm³/mol. The highest BCUT2D eigenvalue weighted by Crippen LogP contribution is 2.37. The molecule has 0 aromatic heterocycles. The molecule has 0 aromatic carbocycles. The van der Waals surface area contributed by atoms with Crippen LogP contribution in [0.15, 0.2) is 11.1 Å². The lowest BCUT2D eigenvalue weighted by molar-refractivity contribution is -0.129. The van der Waals surface area contributed by atoms with Crippen LogP contribution in [0.25, 0.3) is 0 Å². The molecule has 1 atom stereocenters. The largest absolute Gasteiger partial charge is 0.383 e. The Balaban J connectivity index is 1.66. The molecule has 2 saturated carbocycles. The lowest BCUT2D eigenvalue weighted by atomic mass is 9.88. The Morgan fingerprint density at radius 1 is 1.32 bits per heavy atom. The van der Waals surface area contributed by atoms with Crippen LogP contribution < -0.4 is 5.32 Å². The standard InChI is InChI=1S/C17H26N2O3/c1-22-9-8-19-15-5-3-2-4-13(15)14(17(19)21)10-16(20)18-11-12-6-7-12/h12,15H,2-11H2,1H3,(H,18,20). The first kappa shape index (κ1) is 15.5. The fourth-order valence-electron chi connectivity index (χ4n) is 3.58. The van der Waals surface area contributed by atoms with Gasteiger partial charge in [0.25, 0.3) is 5.91 Å². The number of hydrogen-bond donors (Lipinski definition) is 1. The maximum Gasteiger partial charge on any atom is 0.250 e. The Kier molecular flexibility index (Phi) is 4.81. The van der Waals surface area contributed by atoms with Gasteiger partial charge < -0.3 is 15.0 Å². The topological polar surface area (TPSA) is 58.6 Å². The molecule has 2 amide bonds. The second-order valence-electron chi connectivity index (χ2n) is 6.68. The van der Waals surface area contributed by atoms with Gasteiger partial charge in [0.1, 0.15) is 0 Å². The molecule has 2 fully saturated rings. The first-order valence-electron chi connectivity index (χ1n) is 8.49. The summed E-state index contributed by atoms with van der Waals surface area (Å²) in [5.41, 5.74) is 1.98. The highest BCUT2D eigenvalue weighted by atomic mass is 16.5. The van der Waals surface area contributed by atoms with E-state index in [-0.39, 0.29) is 24.3 Å². The molecule has 22 heavy (non-hydrogen) atoms. The van der Waals surface area contributed by atoms with Crippen LogP contribution in [-0.2, 0) is 14.3 Å². The Morgan fingerprint density at radius 2 is 2.14 bits per heavy atom. The predicted octanol–water partition coefficient (Wildman–Crippen LogP) is 1.63. The van der Waals surface area contributed by atoms with Gasteiger partial charge in [-0.15, -0.1) is 0 Å². The van der Waals surface area contributed by atoms with Crippen molar-refractivity contribution in [3.05, 3.63) is 11.1 Å². The summed E-state index contributed by atoms with van der Waals surface area (Å²) >= 11 is 0. The van der Waals surface area contributed by atoms with Crippen molar-refractivity contribution in [3.63, 3.8) is 0 Å². The molecule has 5 heteroatoms. The first-order valence-corrected chi connectivity index (χ1v) is 8.49. The molecule has 0 saturated heterocycles. The fraction of sp³-hybridized carbons (Fsp3) is 0.765. The van der Waals surface area contributed by atoms with Crippen molar-refractivity contribution < 1.29 is 14.3 Å². The summed E-state index contributed by atoms with van der Waals surface area (Å²) in [6.07, 6.45) is 6.97. The van der Waals surface area contributed by atoms with E-state index in [0.29, 0.717) is 19.1 Å². The normalized spacial score (nSPS) is 24.7. The summed E-state index contributed by atoms with van der Waals surface area (Å²) in [5, 5.41) is 2.98. The minimum atomic E-state index is 0.000616. The van der Waals surface area contributed by atoms with Gasteiger partial charge in [-0.1, -0.05) is 6.42 Å². The maximum atomic E-state index is 12.7. The first-order chi connectivity index (χ1) is 10.7. The Morgan fingerprint density at radius 3 is 2.86 bits per heavy atom.